The fourth-order valence-corrected chi connectivity index (χ4v) is 2.87. The third kappa shape index (κ3) is 4.42. The summed E-state index contributed by atoms with van der Waals surface area (Å²) in [7, 11) is 0. The first-order valence-electron chi connectivity index (χ1n) is 8.11. The number of nitrogens with one attached hydrogen (secondary N) is 1. The van der Waals surface area contributed by atoms with Crippen LogP contribution in [0.25, 0.3) is 0 Å². The van der Waals surface area contributed by atoms with Gasteiger partial charge >= 0.3 is 0 Å². The van der Waals surface area contributed by atoms with Gasteiger partial charge in [-0.25, -0.2) is 0 Å². The van der Waals surface area contributed by atoms with Crippen LogP contribution in [-0.4, -0.2) is 19.1 Å². The average Bonchev–Trinajstić information content (AvgIpc) is 2.85. The van der Waals surface area contributed by atoms with Gasteiger partial charge in [0.25, 0.3) is 0 Å². The maximum atomic E-state index is 12.0. The van der Waals surface area contributed by atoms with E-state index in [0.717, 1.165) is 24.0 Å². The van der Waals surface area contributed by atoms with E-state index in [2.05, 4.69) is 5.32 Å². The van der Waals surface area contributed by atoms with Gasteiger partial charge in [-0.1, -0.05) is 41.9 Å². The highest BCUT2D eigenvalue weighted by Gasteiger charge is 2.15. The summed E-state index contributed by atoms with van der Waals surface area (Å²) in [6.07, 6.45) is 2.02. The minimum Gasteiger partial charge on any atom is -0.489 e. The van der Waals surface area contributed by atoms with Crippen molar-refractivity contribution in [1.29, 1.82) is 0 Å². The Balaban J connectivity index is 1.55. The predicted molar refractivity (Wildman–Crippen MR) is 93.7 cm³/mol. The van der Waals surface area contributed by atoms with Crippen LogP contribution in [0.5, 0.6) is 11.5 Å². The van der Waals surface area contributed by atoms with Crippen molar-refractivity contribution in [3.8, 4) is 11.5 Å². The molecule has 4 nitrogen and oxygen atoms in total. The largest absolute Gasteiger partial charge is 0.489 e. The fraction of sp³-hybridized carbons (Fsp3) is 0.316. The molecule has 1 amide bonds. The monoisotopic (exact) mass is 345 g/mol. The molecule has 1 N–H and O–H groups in total. The molecule has 0 radical (unpaired) electrons. The Bertz CT molecular complexity index is 703. The van der Waals surface area contributed by atoms with E-state index < -0.39 is 0 Å². The number of amides is 1. The number of carbonyl (C=O) groups excluding carboxylic acids is 1. The summed E-state index contributed by atoms with van der Waals surface area (Å²) < 4.78 is 11.3. The molecule has 2 aromatic carbocycles. The smallest absolute Gasteiger partial charge is 0.220 e. The second-order valence-electron chi connectivity index (χ2n) is 5.72. The van der Waals surface area contributed by atoms with E-state index in [1.807, 2.05) is 42.5 Å². The Morgan fingerprint density at radius 3 is 2.71 bits per heavy atom. The normalized spacial score (nSPS) is 13.2. The van der Waals surface area contributed by atoms with Crippen molar-refractivity contribution in [2.24, 2.45) is 0 Å². The first-order valence-corrected chi connectivity index (χ1v) is 8.49. The highest BCUT2D eigenvalue weighted by molar-refractivity contribution is 6.32. The van der Waals surface area contributed by atoms with E-state index in [1.165, 1.54) is 0 Å². The number of hydrogen-bond acceptors (Lipinski definition) is 3. The molecule has 1 aliphatic rings. The number of halogens is 1. The summed E-state index contributed by atoms with van der Waals surface area (Å²) >= 11 is 6.26. The number of ether oxygens (including phenoxy) is 2. The zero-order valence-electron chi connectivity index (χ0n) is 13.4. The number of benzene rings is 2. The van der Waals surface area contributed by atoms with Gasteiger partial charge in [-0.15, -0.1) is 0 Å². The molecule has 1 aliphatic heterocycles. The van der Waals surface area contributed by atoms with Crippen molar-refractivity contribution in [3.63, 3.8) is 0 Å². The van der Waals surface area contributed by atoms with Gasteiger partial charge < -0.3 is 14.8 Å². The molecule has 0 spiro atoms. The third-order valence-electron chi connectivity index (χ3n) is 3.84. The number of aryl methyl sites for hydroxylation is 1. The van der Waals surface area contributed by atoms with Gasteiger partial charge in [0.05, 0.1) is 18.2 Å². The highest BCUT2D eigenvalue weighted by Crippen LogP contribution is 2.37. The van der Waals surface area contributed by atoms with Crippen molar-refractivity contribution >= 4 is 17.5 Å². The van der Waals surface area contributed by atoms with Gasteiger partial charge in [0.2, 0.25) is 5.91 Å². The van der Waals surface area contributed by atoms with Gasteiger partial charge in [-0.2, -0.15) is 0 Å². The first kappa shape index (κ1) is 16.7. The molecular weight excluding hydrogens is 326 g/mol. The Morgan fingerprint density at radius 2 is 1.88 bits per heavy atom. The average molecular weight is 346 g/mol. The summed E-state index contributed by atoms with van der Waals surface area (Å²) in [6, 6.07) is 13.7. The van der Waals surface area contributed by atoms with Crippen LogP contribution in [0, 0.1) is 0 Å². The molecule has 0 aliphatic carbocycles. The van der Waals surface area contributed by atoms with Crippen LogP contribution in [0.15, 0.2) is 42.5 Å². The van der Waals surface area contributed by atoms with Crippen LogP contribution in [0.3, 0.4) is 0 Å². The molecule has 0 saturated carbocycles. The number of hydrogen-bond donors (Lipinski definition) is 1. The molecule has 0 saturated heterocycles. The van der Waals surface area contributed by atoms with Crippen LogP contribution < -0.4 is 14.8 Å². The van der Waals surface area contributed by atoms with Crippen LogP contribution in [-0.2, 0) is 17.8 Å². The third-order valence-corrected chi connectivity index (χ3v) is 4.12. The van der Waals surface area contributed by atoms with Gasteiger partial charge in [-0.3, -0.25) is 4.79 Å². The van der Waals surface area contributed by atoms with Crippen LogP contribution in [0.2, 0.25) is 5.02 Å². The topological polar surface area (TPSA) is 47.6 Å². The van der Waals surface area contributed by atoms with E-state index in [0.29, 0.717) is 42.7 Å². The van der Waals surface area contributed by atoms with E-state index in [4.69, 9.17) is 21.1 Å². The number of fused-ring (bicyclic) bond motifs is 1. The molecule has 3 rings (SSSR count). The summed E-state index contributed by atoms with van der Waals surface area (Å²) in [6.45, 7) is 1.63. The van der Waals surface area contributed by atoms with Crippen LogP contribution >= 0.6 is 11.6 Å². The lowest BCUT2D eigenvalue weighted by atomic mass is 10.1. The van der Waals surface area contributed by atoms with Gasteiger partial charge in [0, 0.05) is 19.4 Å². The molecule has 0 aromatic heterocycles. The molecule has 24 heavy (non-hydrogen) atoms. The van der Waals surface area contributed by atoms with E-state index in [9.17, 15) is 4.79 Å². The lowest BCUT2D eigenvalue weighted by Crippen LogP contribution is -2.23. The van der Waals surface area contributed by atoms with Crippen molar-refractivity contribution in [2.45, 2.75) is 25.8 Å². The molecule has 2 aromatic rings. The molecule has 1 heterocycles. The van der Waals surface area contributed by atoms with Crippen molar-refractivity contribution in [2.75, 3.05) is 13.2 Å². The predicted octanol–water partition coefficient (Wildman–Crippen LogP) is 3.75. The standard InChI is InChI=1S/C19H20ClNO3/c20-16-11-15(12-17-19(16)24-10-4-9-23-17)13-21-18(22)8-7-14-5-2-1-3-6-14/h1-3,5-6,11-12H,4,7-10,13H2,(H,21,22). The van der Waals surface area contributed by atoms with Crippen molar-refractivity contribution in [3.05, 3.63) is 58.6 Å². The first-order chi connectivity index (χ1) is 11.7. The van der Waals surface area contributed by atoms with Crippen molar-refractivity contribution in [1.82, 2.24) is 5.32 Å². The Kier molecular flexibility index (Phi) is 5.59. The second-order valence-corrected chi connectivity index (χ2v) is 6.12. The molecule has 0 atom stereocenters. The lowest BCUT2D eigenvalue weighted by Gasteiger charge is -2.12. The summed E-state index contributed by atoms with van der Waals surface area (Å²) in [4.78, 5) is 12.0. The maximum Gasteiger partial charge on any atom is 0.220 e. The number of rotatable bonds is 5. The van der Waals surface area contributed by atoms with Crippen molar-refractivity contribution < 1.29 is 14.3 Å². The lowest BCUT2D eigenvalue weighted by molar-refractivity contribution is -0.121. The van der Waals surface area contributed by atoms with Gasteiger partial charge in [0.15, 0.2) is 11.5 Å². The second kappa shape index (κ2) is 8.06. The molecule has 5 heteroatoms. The Morgan fingerprint density at radius 1 is 1.08 bits per heavy atom. The molecular formula is C19H20ClNO3. The Labute approximate surface area is 146 Å². The Hall–Kier alpha value is -2.20. The summed E-state index contributed by atoms with van der Waals surface area (Å²) in [5.41, 5.74) is 2.06. The van der Waals surface area contributed by atoms with Crippen LogP contribution in [0.4, 0.5) is 0 Å². The summed E-state index contributed by atoms with van der Waals surface area (Å²) in [5, 5.41) is 3.44. The minimum absolute atomic E-state index is 0.0158. The van der Waals surface area contributed by atoms with Crippen LogP contribution in [0.1, 0.15) is 24.0 Å². The molecule has 0 fully saturated rings. The van der Waals surface area contributed by atoms with E-state index in [-0.39, 0.29) is 5.91 Å². The SMILES string of the molecule is O=C(CCc1ccccc1)NCc1cc(Cl)c2c(c1)OCCCO2. The quantitative estimate of drug-likeness (QED) is 0.897. The maximum absolute atomic E-state index is 12.0. The zero-order chi connectivity index (χ0) is 16.8. The fourth-order valence-electron chi connectivity index (χ4n) is 2.58. The summed E-state index contributed by atoms with van der Waals surface area (Å²) in [5.74, 6) is 1.25. The van der Waals surface area contributed by atoms with E-state index in [1.54, 1.807) is 0 Å². The van der Waals surface area contributed by atoms with E-state index >= 15 is 0 Å². The van der Waals surface area contributed by atoms with Gasteiger partial charge in [-0.05, 0) is 29.7 Å². The highest BCUT2D eigenvalue weighted by atomic mass is 35.5. The molecule has 0 unspecified atom stereocenters. The minimum atomic E-state index is 0.0158. The molecule has 126 valence electrons. The van der Waals surface area contributed by atoms with Gasteiger partial charge in [0.1, 0.15) is 0 Å². The zero-order valence-corrected chi connectivity index (χ0v) is 14.1. The number of carbonyl (C=O) groups is 1. The molecule has 0 bridgehead atoms.